The van der Waals surface area contributed by atoms with E-state index in [2.05, 4.69) is 17.2 Å². The first kappa shape index (κ1) is 15.3. The second-order valence-electron chi connectivity index (χ2n) is 4.83. The maximum absolute atomic E-state index is 12.3. The van der Waals surface area contributed by atoms with Gasteiger partial charge in [0.2, 0.25) is 0 Å². The highest BCUT2D eigenvalue weighted by Gasteiger charge is 2.11. The Labute approximate surface area is 124 Å². The molecule has 0 radical (unpaired) electrons. The van der Waals surface area contributed by atoms with Crippen molar-refractivity contribution in [2.75, 3.05) is 25.5 Å². The molecule has 5 heteroatoms. The number of nitrogens with one attached hydrogen (secondary N) is 1. The molecule has 5 nitrogen and oxygen atoms in total. The molecule has 1 heterocycles. The molecular formula is C16H21N3O2. The first-order valence-corrected chi connectivity index (χ1v) is 7.23. The molecule has 1 aromatic carbocycles. The van der Waals surface area contributed by atoms with E-state index in [-0.39, 0.29) is 5.91 Å². The summed E-state index contributed by atoms with van der Waals surface area (Å²) in [5.74, 6) is 0.223. The number of hydrogen-bond donors (Lipinski definition) is 2. The minimum Gasteiger partial charge on any atom is -0.384 e. The van der Waals surface area contributed by atoms with Crippen molar-refractivity contribution in [2.24, 2.45) is 0 Å². The van der Waals surface area contributed by atoms with E-state index in [0.29, 0.717) is 24.5 Å². The van der Waals surface area contributed by atoms with Crippen LogP contribution in [0.2, 0.25) is 0 Å². The predicted molar refractivity (Wildman–Crippen MR) is 84.2 cm³/mol. The molecule has 1 amide bonds. The molecule has 112 valence electrons. The fourth-order valence-corrected chi connectivity index (χ4v) is 2.10. The lowest BCUT2D eigenvalue weighted by Gasteiger charge is -2.09. The molecule has 1 aromatic heterocycles. The maximum atomic E-state index is 12.3. The Morgan fingerprint density at radius 2 is 2.14 bits per heavy atom. The summed E-state index contributed by atoms with van der Waals surface area (Å²) in [6.45, 7) is 4.08. The zero-order valence-corrected chi connectivity index (χ0v) is 12.3. The van der Waals surface area contributed by atoms with E-state index in [1.54, 1.807) is 6.07 Å². The van der Waals surface area contributed by atoms with E-state index in [0.717, 1.165) is 30.4 Å². The van der Waals surface area contributed by atoms with Crippen LogP contribution in [0.4, 0.5) is 5.82 Å². The molecule has 21 heavy (non-hydrogen) atoms. The van der Waals surface area contributed by atoms with Crippen molar-refractivity contribution in [1.29, 1.82) is 0 Å². The van der Waals surface area contributed by atoms with Crippen LogP contribution in [0.5, 0.6) is 0 Å². The standard InChI is InChI=1S/C16H21N3O2/c1-2-9-21-10-5-8-18-16(20)13-11-15(17)19-14-7-4-3-6-12(13)14/h3-4,6-7,11H,2,5,8-10H2,1H3,(H2,17,19)(H,18,20). The second kappa shape index (κ2) is 7.59. The monoisotopic (exact) mass is 287 g/mol. The van der Waals surface area contributed by atoms with Crippen LogP contribution < -0.4 is 11.1 Å². The topological polar surface area (TPSA) is 77.2 Å². The Hall–Kier alpha value is -2.14. The normalized spacial score (nSPS) is 10.7. The Kier molecular flexibility index (Phi) is 5.51. The number of hydrogen-bond acceptors (Lipinski definition) is 4. The van der Waals surface area contributed by atoms with E-state index in [4.69, 9.17) is 10.5 Å². The number of rotatable bonds is 7. The van der Waals surface area contributed by atoms with Gasteiger partial charge in [0, 0.05) is 25.1 Å². The molecule has 0 saturated heterocycles. The highest BCUT2D eigenvalue weighted by Crippen LogP contribution is 2.19. The van der Waals surface area contributed by atoms with Crippen molar-refractivity contribution in [3.05, 3.63) is 35.9 Å². The summed E-state index contributed by atoms with van der Waals surface area (Å²) in [6, 6.07) is 9.10. The number of anilines is 1. The lowest BCUT2D eigenvalue weighted by Crippen LogP contribution is -2.25. The van der Waals surface area contributed by atoms with Crippen LogP contribution >= 0.6 is 0 Å². The van der Waals surface area contributed by atoms with Crippen molar-refractivity contribution in [3.63, 3.8) is 0 Å². The van der Waals surface area contributed by atoms with Crippen LogP contribution in [0.25, 0.3) is 10.9 Å². The van der Waals surface area contributed by atoms with Crippen LogP contribution in [0.3, 0.4) is 0 Å². The zero-order chi connectivity index (χ0) is 15.1. The molecule has 0 atom stereocenters. The molecule has 0 spiro atoms. The smallest absolute Gasteiger partial charge is 0.252 e. The zero-order valence-electron chi connectivity index (χ0n) is 12.3. The molecule has 3 N–H and O–H groups in total. The number of nitrogens with two attached hydrogens (primary N) is 1. The second-order valence-corrected chi connectivity index (χ2v) is 4.83. The molecule has 2 rings (SSSR count). The third-order valence-electron chi connectivity index (χ3n) is 3.08. The van der Waals surface area contributed by atoms with Crippen molar-refractivity contribution in [2.45, 2.75) is 19.8 Å². The molecule has 2 aromatic rings. The molecule has 0 aliphatic carbocycles. The van der Waals surface area contributed by atoms with E-state index >= 15 is 0 Å². The SMILES string of the molecule is CCCOCCCNC(=O)c1cc(N)nc2ccccc12. The lowest BCUT2D eigenvalue weighted by atomic mass is 10.1. The average Bonchev–Trinajstić information content (AvgIpc) is 2.49. The molecular weight excluding hydrogens is 266 g/mol. The average molecular weight is 287 g/mol. The van der Waals surface area contributed by atoms with Crippen LogP contribution in [-0.4, -0.2) is 30.6 Å². The summed E-state index contributed by atoms with van der Waals surface area (Å²) in [6.07, 6.45) is 1.80. The van der Waals surface area contributed by atoms with Gasteiger partial charge in [-0.15, -0.1) is 0 Å². The molecule has 0 aliphatic rings. The minimum atomic E-state index is -0.129. The fraction of sp³-hybridized carbons (Fsp3) is 0.375. The predicted octanol–water partition coefficient (Wildman–Crippen LogP) is 2.36. The van der Waals surface area contributed by atoms with Gasteiger partial charge in [-0.25, -0.2) is 4.98 Å². The van der Waals surface area contributed by atoms with Gasteiger partial charge < -0.3 is 15.8 Å². The van der Waals surface area contributed by atoms with Crippen LogP contribution in [0.15, 0.2) is 30.3 Å². The van der Waals surface area contributed by atoms with Gasteiger partial charge in [0.15, 0.2) is 0 Å². The molecule has 0 aliphatic heterocycles. The van der Waals surface area contributed by atoms with Crippen LogP contribution in [-0.2, 0) is 4.74 Å². The lowest BCUT2D eigenvalue weighted by molar-refractivity contribution is 0.0943. The largest absolute Gasteiger partial charge is 0.384 e. The number of ether oxygens (including phenoxy) is 1. The van der Waals surface area contributed by atoms with Gasteiger partial charge >= 0.3 is 0 Å². The van der Waals surface area contributed by atoms with Gasteiger partial charge in [-0.05, 0) is 25.0 Å². The van der Waals surface area contributed by atoms with Crippen molar-refractivity contribution < 1.29 is 9.53 Å². The third-order valence-corrected chi connectivity index (χ3v) is 3.08. The minimum absolute atomic E-state index is 0.129. The molecule has 0 bridgehead atoms. The van der Waals surface area contributed by atoms with Crippen molar-refractivity contribution in [1.82, 2.24) is 10.3 Å². The van der Waals surface area contributed by atoms with E-state index in [1.807, 2.05) is 24.3 Å². The van der Waals surface area contributed by atoms with Gasteiger partial charge in [-0.1, -0.05) is 25.1 Å². The molecule has 0 saturated carbocycles. The Morgan fingerprint density at radius 1 is 1.33 bits per heavy atom. The van der Waals surface area contributed by atoms with Gasteiger partial charge in [-0.2, -0.15) is 0 Å². The number of benzene rings is 1. The highest BCUT2D eigenvalue weighted by molar-refractivity contribution is 6.06. The summed E-state index contributed by atoms with van der Waals surface area (Å²) in [5, 5.41) is 3.70. The van der Waals surface area contributed by atoms with E-state index in [9.17, 15) is 4.79 Å². The number of carbonyl (C=O) groups is 1. The van der Waals surface area contributed by atoms with Crippen molar-refractivity contribution in [3.8, 4) is 0 Å². The summed E-state index contributed by atoms with van der Waals surface area (Å²) in [5.41, 5.74) is 7.05. The highest BCUT2D eigenvalue weighted by atomic mass is 16.5. The maximum Gasteiger partial charge on any atom is 0.252 e. The number of nitrogen functional groups attached to an aromatic ring is 1. The fourth-order valence-electron chi connectivity index (χ4n) is 2.10. The van der Waals surface area contributed by atoms with E-state index in [1.165, 1.54) is 0 Å². The number of aromatic nitrogens is 1. The van der Waals surface area contributed by atoms with E-state index < -0.39 is 0 Å². The number of para-hydroxylation sites is 1. The van der Waals surface area contributed by atoms with Crippen LogP contribution in [0, 0.1) is 0 Å². The first-order valence-electron chi connectivity index (χ1n) is 7.23. The number of pyridine rings is 1. The van der Waals surface area contributed by atoms with Gasteiger partial charge in [0.05, 0.1) is 11.1 Å². The summed E-state index contributed by atoms with van der Waals surface area (Å²) < 4.78 is 5.38. The quantitative estimate of drug-likeness (QED) is 0.766. The summed E-state index contributed by atoms with van der Waals surface area (Å²) in [4.78, 5) is 16.5. The Bertz CT molecular complexity index is 613. The van der Waals surface area contributed by atoms with Gasteiger partial charge in [0.1, 0.15) is 5.82 Å². The first-order chi connectivity index (χ1) is 10.2. The number of carbonyl (C=O) groups excluding carboxylic acids is 1. The number of nitrogens with zero attached hydrogens (tertiary/aromatic N) is 1. The number of fused-ring (bicyclic) bond motifs is 1. The summed E-state index contributed by atoms with van der Waals surface area (Å²) in [7, 11) is 0. The summed E-state index contributed by atoms with van der Waals surface area (Å²) >= 11 is 0. The molecule has 0 fully saturated rings. The van der Waals surface area contributed by atoms with Gasteiger partial charge in [0.25, 0.3) is 5.91 Å². The Balaban J connectivity index is 1.99. The molecule has 0 unspecified atom stereocenters. The number of amides is 1. The van der Waals surface area contributed by atoms with Gasteiger partial charge in [-0.3, -0.25) is 4.79 Å². The van der Waals surface area contributed by atoms with Crippen LogP contribution in [0.1, 0.15) is 30.1 Å². The van der Waals surface area contributed by atoms with Crippen molar-refractivity contribution >= 4 is 22.6 Å². The third kappa shape index (κ3) is 4.16. The Morgan fingerprint density at radius 3 is 2.95 bits per heavy atom.